The Morgan fingerprint density at radius 2 is 2.04 bits per heavy atom. The summed E-state index contributed by atoms with van der Waals surface area (Å²) in [6.45, 7) is 2.96. The van der Waals surface area contributed by atoms with Gasteiger partial charge < -0.3 is 19.8 Å². The molecule has 3 N–H and O–H groups in total. The molecule has 2 heterocycles. The fraction of sp³-hybridized carbons (Fsp3) is 0.421. The van der Waals surface area contributed by atoms with Gasteiger partial charge in [-0.05, 0) is 18.9 Å². The minimum absolute atomic E-state index is 0.110. The first-order valence-electron chi connectivity index (χ1n) is 8.87. The van der Waals surface area contributed by atoms with Gasteiger partial charge in [-0.25, -0.2) is 4.79 Å². The second-order valence-corrected chi connectivity index (χ2v) is 6.56. The van der Waals surface area contributed by atoms with Crippen molar-refractivity contribution in [3.05, 3.63) is 68.0 Å². The molecule has 0 radical (unpaired) electrons. The van der Waals surface area contributed by atoms with E-state index in [4.69, 9.17) is 9.47 Å². The van der Waals surface area contributed by atoms with Crippen LogP contribution in [0.5, 0.6) is 0 Å². The maximum absolute atomic E-state index is 12.4. The van der Waals surface area contributed by atoms with E-state index in [1.807, 2.05) is 30.3 Å². The number of rotatable bonds is 6. The lowest BCUT2D eigenvalue weighted by Crippen LogP contribution is -2.50. The van der Waals surface area contributed by atoms with Crippen molar-refractivity contribution in [3.8, 4) is 0 Å². The maximum atomic E-state index is 12.4. The van der Waals surface area contributed by atoms with Gasteiger partial charge in [0, 0.05) is 17.9 Å². The lowest BCUT2D eigenvalue weighted by molar-refractivity contribution is -0.126. The van der Waals surface area contributed by atoms with E-state index in [1.54, 1.807) is 6.92 Å². The highest BCUT2D eigenvalue weighted by molar-refractivity contribution is 5.79. The fourth-order valence-corrected chi connectivity index (χ4v) is 3.08. The van der Waals surface area contributed by atoms with E-state index >= 15 is 0 Å². The minimum Gasteiger partial charge on any atom is -0.379 e. The van der Waals surface area contributed by atoms with E-state index in [0.29, 0.717) is 31.9 Å². The Balaban J connectivity index is 1.61. The standard InChI is InChI=1S/C19H23N3O5/c1-12-14(18(24)22-19(25)20-12)9-17(23)21-15-7-8-26-11-16(15)27-10-13-5-3-2-4-6-13/h2-6,15-16H,7-11H2,1H3,(H,21,23)(H2,20,22,24,25)/t15-,16-/m1/s1. The van der Waals surface area contributed by atoms with Crippen LogP contribution in [-0.4, -0.2) is 41.2 Å². The van der Waals surface area contributed by atoms with Crippen LogP contribution < -0.4 is 16.6 Å². The van der Waals surface area contributed by atoms with Gasteiger partial charge in [0.25, 0.3) is 5.56 Å². The molecule has 3 rings (SSSR count). The van der Waals surface area contributed by atoms with Crippen LogP contribution >= 0.6 is 0 Å². The first-order valence-corrected chi connectivity index (χ1v) is 8.87. The van der Waals surface area contributed by atoms with Crippen molar-refractivity contribution in [3.63, 3.8) is 0 Å². The molecule has 1 aliphatic heterocycles. The molecule has 0 bridgehead atoms. The molecule has 0 unspecified atom stereocenters. The number of nitrogens with one attached hydrogen (secondary N) is 3. The number of aromatic nitrogens is 2. The van der Waals surface area contributed by atoms with E-state index < -0.39 is 11.2 Å². The third kappa shape index (κ3) is 5.15. The Morgan fingerprint density at radius 3 is 2.78 bits per heavy atom. The third-order valence-corrected chi connectivity index (χ3v) is 4.55. The zero-order valence-electron chi connectivity index (χ0n) is 15.1. The van der Waals surface area contributed by atoms with Gasteiger partial charge in [-0.3, -0.25) is 14.6 Å². The van der Waals surface area contributed by atoms with Crippen molar-refractivity contribution in [1.29, 1.82) is 0 Å². The Morgan fingerprint density at radius 1 is 1.26 bits per heavy atom. The van der Waals surface area contributed by atoms with Gasteiger partial charge in [-0.2, -0.15) is 0 Å². The monoisotopic (exact) mass is 373 g/mol. The van der Waals surface area contributed by atoms with Crippen LogP contribution in [0, 0.1) is 6.92 Å². The first-order chi connectivity index (χ1) is 13.0. The topological polar surface area (TPSA) is 113 Å². The molecule has 1 saturated heterocycles. The van der Waals surface area contributed by atoms with E-state index in [2.05, 4.69) is 15.3 Å². The van der Waals surface area contributed by atoms with Crippen molar-refractivity contribution in [1.82, 2.24) is 15.3 Å². The summed E-state index contributed by atoms with van der Waals surface area (Å²) >= 11 is 0. The van der Waals surface area contributed by atoms with Crippen molar-refractivity contribution in [2.45, 2.75) is 38.5 Å². The lowest BCUT2D eigenvalue weighted by Gasteiger charge is -2.32. The number of benzene rings is 1. The van der Waals surface area contributed by atoms with Crippen LogP contribution in [0.2, 0.25) is 0 Å². The summed E-state index contributed by atoms with van der Waals surface area (Å²) in [5.74, 6) is -0.295. The van der Waals surface area contributed by atoms with E-state index in [-0.39, 0.29) is 30.0 Å². The summed E-state index contributed by atoms with van der Waals surface area (Å²) in [4.78, 5) is 40.2. The molecule has 8 nitrogen and oxygen atoms in total. The minimum atomic E-state index is -0.583. The number of aromatic amines is 2. The van der Waals surface area contributed by atoms with Gasteiger partial charge in [-0.15, -0.1) is 0 Å². The van der Waals surface area contributed by atoms with Crippen LogP contribution in [0.4, 0.5) is 0 Å². The Hall–Kier alpha value is -2.71. The average Bonchev–Trinajstić information content (AvgIpc) is 2.65. The third-order valence-electron chi connectivity index (χ3n) is 4.55. The summed E-state index contributed by atoms with van der Waals surface area (Å²) in [5.41, 5.74) is 0.558. The highest BCUT2D eigenvalue weighted by Gasteiger charge is 2.28. The highest BCUT2D eigenvalue weighted by atomic mass is 16.5. The summed E-state index contributed by atoms with van der Waals surface area (Å²) < 4.78 is 11.4. The predicted octanol–water partition coefficient (Wildman–Crippen LogP) is 0.405. The average molecular weight is 373 g/mol. The lowest BCUT2D eigenvalue weighted by atomic mass is 10.0. The molecular weight excluding hydrogens is 350 g/mol. The van der Waals surface area contributed by atoms with Gasteiger partial charge >= 0.3 is 5.69 Å². The number of carbonyl (C=O) groups excluding carboxylic acids is 1. The van der Waals surface area contributed by atoms with Crippen molar-refractivity contribution >= 4 is 5.91 Å². The molecule has 1 aromatic heterocycles. The summed E-state index contributed by atoms with van der Waals surface area (Å²) in [5, 5.41) is 2.93. The summed E-state index contributed by atoms with van der Waals surface area (Å²) in [6.07, 6.45) is 0.255. The molecular formula is C19H23N3O5. The molecule has 0 aliphatic carbocycles. The molecule has 0 spiro atoms. The summed E-state index contributed by atoms with van der Waals surface area (Å²) in [6, 6.07) is 9.58. The number of amides is 1. The molecule has 1 fully saturated rings. The normalized spacial score (nSPS) is 19.6. The van der Waals surface area contributed by atoms with E-state index in [0.717, 1.165) is 5.56 Å². The molecule has 144 valence electrons. The second kappa shape index (κ2) is 8.79. The van der Waals surface area contributed by atoms with Crippen molar-refractivity contribution in [2.75, 3.05) is 13.2 Å². The number of carbonyl (C=O) groups is 1. The van der Waals surface area contributed by atoms with E-state index in [9.17, 15) is 14.4 Å². The van der Waals surface area contributed by atoms with Crippen LogP contribution in [0.3, 0.4) is 0 Å². The molecule has 8 heteroatoms. The largest absolute Gasteiger partial charge is 0.379 e. The maximum Gasteiger partial charge on any atom is 0.325 e. The Labute approximate surface area is 155 Å². The molecule has 2 atom stereocenters. The molecule has 1 aromatic carbocycles. The number of hydrogen-bond donors (Lipinski definition) is 3. The number of H-pyrrole nitrogens is 2. The van der Waals surface area contributed by atoms with Crippen LogP contribution in [-0.2, 0) is 27.3 Å². The predicted molar refractivity (Wildman–Crippen MR) is 98.5 cm³/mol. The van der Waals surface area contributed by atoms with Gasteiger partial charge in [0.2, 0.25) is 5.91 Å². The van der Waals surface area contributed by atoms with Crippen LogP contribution in [0.25, 0.3) is 0 Å². The molecule has 0 saturated carbocycles. The van der Waals surface area contributed by atoms with Crippen molar-refractivity contribution in [2.24, 2.45) is 0 Å². The Bertz CT molecular complexity index is 890. The molecule has 27 heavy (non-hydrogen) atoms. The first kappa shape index (κ1) is 19.1. The highest BCUT2D eigenvalue weighted by Crippen LogP contribution is 2.14. The van der Waals surface area contributed by atoms with Gasteiger partial charge in [-0.1, -0.05) is 30.3 Å². The molecule has 2 aromatic rings. The van der Waals surface area contributed by atoms with Gasteiger partial charge in [0.05, 0.1) is 25.7 Å². The molecule has 1 amide bonds. The molecule has 1 aliphatic rings. The zero-order valence-corrected chi connectivity index (χ0v) is 15.1. The number of ether oxygens (including phenoxy) is 2. The zero-order chi connectivity index (χ0) is 19.2. The van der Waals surface area contributed by atoms with E-state index in [1.165, 1.54) is 0 Å². The smallest absolute Gasteiger partial charge is 0.325 e. The fourth-order valence-electron chi connectivity index (χ4n) is 3.08. The SMILES string of the molecule is Cc1[nH]c(=O)[nH]c(=O)c1CC(=O)N[C@@H]1CCOC[C@H]1OCc1ccccc1. The number of aryl methyl sites for hydroxylation is 1. The second-order valence-electron chi connectivity index (χ2n) is 6.56. The van der Waals surface area contributed by atoms with Crippen molar-refractivity contribution < 1.29 is 14.3 Å². The van der Waals surface area contributed by atoms with Crippen LogP contribution in [0.1, 0.15) is 23.2 Å². The summed E-state index contributed by atoms with van der Waals surface area (Å²) in [7, 11) is 0. The Kier molecular flexibility index (Phi) is 6.20. The van der Waals surface area contributed by atoms with Gasteiger partial charge in [0.1, 0.15) is 6.10 Å². The quantitative estimate of drug-likeness (QED) is 0.679. The number of hydrogen-bond acceptors (Lipinski definition) is 5. The van der Waals surface area contributed by atoms with Crippen LogP contribution in [0.15, 0.2) is 39.9 Å². The van der Waals surface area contributed by atoms with Gasteiger partial charge in [0.15, 0.2) is 0 Å².